The molecular weight excluding hydrogens is 204 g/mol. The first-order valence-electron chi connectivity index (χ1n) is 5.99. The van der Waals surface area contributed by atoms with Crippen LogP contribution in [-0.2, 0) is 9.47 Å². The smallest absolute Gasteiger partial charge is 0.0972 e. The van der Waals surface area contributed by atoms with Crippen molar-refractivity contribution in [2.45, 2.75) is 57.5 Å². The van der Waals surface area contributed by atoms with Gasteiger partial charge >= 0.3 is 0 Å². The van der Waals surface area contributed by atoms with Gasteiger partial charge in [-0.3, -0.25) is 0 Å². The standard InChI is InChI=1S/C12H22N2O2/c1-9-6-12(7-10(2)16-9)15-5-4-11(8-13)14-3/h9-12,14H,4-7H2,1-3H3. The molecule has 1 aliphatic rings. The number of ether oxygens (including phenoxy) is 2. The van der Waals surface area contributed by atoms with Crippen LogP contribution in [0.3, 0.4) is 0 Å². The predicted octanol–water partition coefficient (Wildman–Crippen LogP) is 1.46. The van der Waals surface area contributed by atoms with Crippen molar-refractivity contribution in [3.05, 3.63) is 0 Å². The normalized spacial score (nSPS) is 32.0. The summed E-state index contributed by atoms with van der Waals surface area (Å²) in [6.07, 6.45) is 3.51. The third-order valence-corrected chi connectivity index (χ3v) is 2.92. The number of nitrogens with zero attached hydrogens (tertiary/aromatic N) is 1. The lowest BCUT2D eigenvalue weighted by Gasteiger charge is -2.32. The van der Waals surface area contributed by atoms with Crippen LogP contribution in [0.25, 0.3) is 0 Å². The Morgan fingerprint density at radius 1 is 1.44 bits per heavy atom. The van der Waals surface area contributed by atoms with Crippen LogP contribution in [0.15, 0.2) is 0 Å². The van der Waals surface area contributed by atoms with Gasteiger partial charge in [0, 0.05) is 6.61 Å². The SMILES string of the molecule is CNC(C#N)CCOC1CC(C)OC(C)C1. The molecule has 1 saturated heterocycles. The summed E-state index contributed by atoms with van der Waals surface area (Å²) in [5.74, 6) is 0. The van der Waals surface area contributed by atoms with Crippen molar-refractivity contribution < 1.29 is 9.47 Å². The Kier molecular flexibility index (Phi) is 5.75. The minimum atomic E-state index is -0.102. The van der Waals surface area contributed by atoms with Crippen LogP contribution < -0.4 is 5.32 Å². The van der Waals surface area contributed by atoms with Crippen molar-refractivity contribution in [3.8, 4) is 6.07 Å². The highest BCUT2D eigenvalue weighted by Gasteiger charge is 2.24. The summed E-state index contributed by atoms with van der Waals surface area (Å²) in [6.45, 7) is 4.80. The van der Waals surface area contributed by atoms with Gasteiger partial charge < -0.3 is 14.8 Å². The highest BCUT2D eigenvalue weighted by Crippen LogP contribution is 2.21. The van der Waals surface area contributed by atoms with E-state index in [1.807, 2.05) is 0 Å². The highest BCUT2D eigenvalue weighted by atomic mass is 16.5. The fourth-order valence-electron chi connectivity index (χ4n) is 2.11. The van der Waals surface area contributed by atoms with Gasteiger partial charge in [-0.1, -0.05) is 0 Å². The van der Waals surface area contributed by atoms with E-state index in [9.17, 15) is 0 Å². The van der Waals surface area contributed by atoms with Crippen molar-refractivity contribution in [3.63, 3.8) is 0 Å². The molecule has 0 aromatic rings. The van der Waals surface area contributed by atoms with Gasteiger partial charge in [-0.05, 0) is 40.2 Å². The van der Waals surface area contributed by atoms with Crippen molar-refractivity contribution in [1.82, 2.24) is 5.32 Å². The van der Waals surface area contributed by atoms with Gasteiger partial charge in [0.05, 0.1) is 30.4 Å². The van der Waals surface area contributed by atoms with E-state index in [-0.39, 0.29) is 24.4 Å². The number of nitrogens with one attached hydrogen (secondary N) is 1. The Hall–Kier alpha value is -0.630. The molecule has 1 heterocycles. The lowest BCUT2D eigenvalue weighted by atomic mass is 10.0. The van der Waals surface area contributed by atoms with E-state index in [2.05, 4.69) is 25.2 Å². The van der Waals surface area contributed by atoms with Crippen molar-refractivity contribution in [2.75, 3.05) is 13.7 Å². The Morgan fingerprint density at radius 3 is 2.56 bits per heavy atom. The second-order valence-corrected chi connectivity index (χ2v) is 4.48. The molecule has 16 heavy (non-hydrogen) atoms. The minimum Gasteiger partial charge on any atom is -0.378 e. The molecule has 3 atom stereocenters. The lowest BCUT2D eigenvalue weighted by Crippen LogP contribution is -2.35. The van der Waals surface area contributed by atoms with E-state index < -0.39 is 0 Å². The molecule has 1 N–H and O–H groups in total. The van der Waals surface area contributed by atoms with Crippen molar-refractivity contribution >= 4 is 0 Å². The molecule has 0 aromatic heterocycles. The molecule has 0 aromatic carbocycles. The van der Waals surface area contributed by atoms with E-state index >= 15 is 0 Å². The van der Waals surface area contributed by atoms with Gasteiger partial charge in [-0.25, -0.2) is 0 Å². The molecule has 3 unspecified atom stereocenters. The van der Waals surface area contributed by atoms with Crippen LogP contribution in [0.5, 0.6) is 0 Å². The van der Waals surface area contributed by atoms with E-state index in [1.54, 1.807) is 7.05 Å². The molecule has 0 spiro atoms. The van der Waals surface area contributed by atoms with Gasteiger partial charge in [-0.2, -0.15) is 5.26 Å². The molecule has 0 saturated carbocycles. The van der Waals surface area contributed by atoms with Gasteiger partial charge in [0.25, 0.3) is 0 Å². The minimum absolute atomic E-state index is 0.102. The summed E-state index contributed by atoms with van der Waals surface area (Å²) >= 11 is 0. The molecule has 0 amide bonds. The summed E-state index contributed by atoms with van der Waals surface area (Å²) in [6, 6.07) is 2.09. The first-order chi connectivity index (χ1) is 7.65. The van der Waals surface area contributed by atoms with E-state index in [0.717, 1.165) is 19.3 Å². The van der Waals surface area contributed by atoms with Crippen LogP contribution in [-0.4, -0.2) is 38.0 Å². The zero-order valence-corrected chi connectivity index (χ0v) is 10.4. The number of rotatable bonds is 5. The predicted molar refractivity (Wildman–Crippen MR) is 62.1 cm³/mol. The summed E-state index contributed by atoms with van der Waals surface area (Å²) in [5.41, 5.74) is 0. The summed E-state index contributed by atoms with van der Waals surface area (Å²) in [7, 11) is 1.80. The summed E-state index contributed by atoms with van der Waals surface area (Å²) < 4.78 is 11.4. The molecule has 1 rings (SSSR count). The lowest BCUT2D eigenvalue weighted by molar-refractivity contribution is -0.102. The fraction of sp³-hybridized carbons (Fsp3) is 0.917. The van der Waals surface area contributed by atoms with Crippen LogP contribution >= 0.6 is 0 Å². The molecule has 4 nitrogen and oxygen atoms in total. The maximum atomic E-state index is 8.76. The molecule has 0 radical (unpaired) electrons. The second kappa shape index (κ2) is 6.85. The van der Waals surface area contributed by atoms with E-state index in [4.69, 9.17) is 14.7 Å². The molecule has 1 aliphatic heterocycles. The van der Waals surface area contributed by atoms with E-state index in [0.29, 0.717) is 6.61 Å². The number of nitriles is 1. The molecule has 92 valence electrons. The zero-order valence-electron chi connectivity index (χ0n) is 10.4. The monoisotopic (exact) mass is 226 g/mol. The van der Waals surface area contributed by atoms with Gasteiger partial charge in [0.15, 0.2) is 0 Å². The Bertz CT molecular complexity index is 230. The second-order valence-electron chi connectivity index (χ2n) is 4.48. The highest BCUT2D eigenvalue weighted by molar-refractivity contribution is 4.88. The van der Waals surface area contributed by atoms with Crippen LogP contribution in [0.1, 0.15) is 33.1 Å². The van der Waals surface area contributed by atoms with Crippen LogP contribution in [0, 0.1) is 11.3 Å². The Balaban J connectivity index is 2.20. The molecule has 4 heteroatoms. The largest absolute Gasteiger partial charge is 0.378 e. The first kappa shape index (κ1) is 13.4. The summed E-state index contributed by atoms with van der Waals surface area (Å²) in [5, 5.41) is 11.7. The molecule has 0 aliphatic carbocycles. The van der Waals surface area contributed by atoms with Crippen molar-refractivity contribution in [2.24, 2.45) is 0 Å². The topological polar surface area (TPSA) is 54.3 Å². The third kappa shape index (κ3) is 4.48. The molecule has 0 bridgehead atoms. The van der Waals surface area contributed by atoms with E-state index in [1.165, 1.54) is 0 Å². The quantitative estimate of drug-likeness (QED) is 0.771. The Labute approximate surface area is 97.9 Å². The number of hydrogen-bond donors (Lipinski definition) is 1. The van der Waals surface area contributed by atoms with Gasteiger partial charge in [0.2, 0.25) is 0 Å². The molecular formula is C12H22N2O2. The van der Waals surface area contributed by atoms with Crippen molar-refractivity contribution in [1.29, 1.82) is 5.26 Å². The number of hydrogen-bond acceptors (Lipinski definition) is 4. The maximum absolute atomic E-state index is 8.76. The van der Waals surface area contributed by atoms with Crippen LogP contribution in [0.4, 0.5) is 0 Å². The summed E-state index contributed by atoms with van der Waals surface area (Å²) in [4.78, 5) is 0. The maximum Gasteiger partial charge on any atom is 0.0972 e. The van der Waals surface area contributed by atoms with Gasteiger partial charge in [0.1, 0.15) is 0 Å². The van der Waals surface area contributed by atoms with Crippen LogP contribution in [0.2, 0.25) is 0 Å². The first-order valence-corrected chi connectivity index (χ1v) is 5.99. The Morgan fingerprint density at radius 2 is 2.06 bits per heavy atom. The molecule has 1 fully saturated rings. The average molecular weight is 226 g/mol. The fourth-order valence-corrected chi connectivity index (χ4v) is 2.11. The average Bonchev–Trinajstić information content (AvgIpc) is 2.23. The zero-order chi connectivity index (χ0) is 12.0. The third-order valence-electron chi connectivity index (χ3n) is 2.92. The van der Waals surface area contributed by atoms with Gasteiger partial charge in [-0.15, -0.1) is 0 Å².